The van der Waals surface area contributed by atoms with E-state index >= 15 is 0 Å². The van der Waals surface area contributed by atoms with Crippen LogP contribution in [0.25, 0.3) is 0 Å². The molecule has 3 rings (SSSR count). The number of halogens is 1. The van der Waals surface area contributed by atoms with Gasteiger partial charge in [-0.25, -0.2) is 18.1 Å². The lowest BCUT2D eigenvalue weighted by Gasteiger charge is -2.06. The van der Waals surface area contributed by atoms with E-state index in [0.717, 1.165) is 21.0 Å². The van der Waals surface area contributed by atoms with Gasteiger partial charge in [0.15, 0.2) is 5.13 Å². The first-order valence-corrected chi connectivity index (χ1v) is 11.6. The van der Waals surface area contributed by atoms with Crippen LogP contribution < -0.4 is 10.0 Å². The highest BCUT2D eigenvalue weighted by Crippen LogP contribution is 2.27. The zero-order valence-corrected chi connectivity index (χ0v) is 18.3. The van der Waals surface area contributed by atoms with Crippen molar-refractivity contribution in [2.45, 2.75) is 25.2 Å². The van der Waals surface area contributed by atoms with E-state index in [2.05, 4.69) is 15.0 Å². The highest BCUT2D eigenvalue weighted by atomic mass is 35.5. The number of nitrogens with one attached hydrogen (secondary N) is 2. The molecule has 1 aromatic heterocycles. The van der Waals surface area contributed by atoms with Crippen molar-refractivity contribution in [3.05, 3.63) is 75.3 Å². The molecule has 2 aromatic carbocycles. The SMILES string of the molecule is CCNS(=O)(=O)c1ccc(C(=O)Nc2ncc(Cc3cccc(C)c3Cl)s2)cc1. The molecule has 1 heterocycles. The molecule has 0 radical (unpaired) electrons. The number of aryl methyl sites for hydroxylation is 1. The second kappa shape index (κ2) is 9.04. The largest absolute Gasteiger partial charge is 0.298 e. The van der Waals surface area contributed by atoms with Crippen molar-refractivity contribution in [2.75, 3.05) is 11.9 Å². The summed E-state index contributed by atoms with van der Waals surface area (Å²) in [5, 5.41) is 3.95. The van der Waals surface area contributed by atoms with E-state index in [1.54, 1.807) is 13.1 Å². The molecule has 0 unspecified atom stereocenters. The Balaban J connectivity index is 1.68. The van der Waals surface area contributed by atoms with Gasteiger partial charge in [-0.3, -0.25) is 10.1 Å². The number of amides is 1. The lowest BCUT2D eigenvalue weighted by Crippen LogP contribution is -2.23. The van der Waals surface area contributed by atoms with Crippen LogP contribution in [0.2, 0.25) is 5.02 Å². The Labute approximate surface area is 179 Å². The predicted octanol–water partition coefficient (Wildman–Crippen LogP) is 4.25. The van der Waals surface area contributed by atoms with E-state index < -0.39 is 10.0 Å². The van der Waals surface area contributed by atoms with Crippen LogP contribution in [0, 0.1) is 6.92 Å². The summed E-state index contributed by atoms with van der Waals surface area (Å²) >= 11 is 7.72. The number of anilines is 1. The highest BCUT2D eigenvalue weighted by molar-refractivity contribution is 7.89. The summed E-state index contributed by atoms with van der Waals surface area (Å²) in [6, 6.07) is 11.6. The van der Waals surface area contributed by atoms with Gasteiger partial charge in [0.1, 0.15) is 0 Å². The zero-order chi connectivity index (χ0) is 21.0. The van der Waals surface area contributed by atoms with Crippen LogP contribution in [0.1, 0.15) is 33.3 Å². The number of carbonyl (C=O) groups is 1. The molecule has 0 spiro atoms. The molecule has 29 heavy (non-hydrogen) atoms. The summed E-state index contributed by atoms with van der Waals surface area (Å²) in [6.45, 7) is 3.96. The molecule has 0 bridgehead atoms. The summed E-state index contributed by atoms with van der Waals surface area (Å²) < 4.78 is 26.4. The lowest BCUT2D eigenvalue weighted by atomic mass is 10.1. The number of nitrogens with zero attached hydrogens (tertiary/aromatic N) is 1. The Morgan fingerprint density at radius 2 is 1.90 bits per heavy atom. The van der Waals surface area contributed by atoms with E-state index in [0.29, 0.717) is 23.7 Å². The second-order valence-electron chi connectivity index (χ2n) is 6.34. The predicted molar refractivity (Wildman–Crippen MR) is 116 cm³/mol. The van der Waals surface area contributed by atoms with Gasteiger partial charge in [-0.15, -0.1) is 11.3 Å². The minimum absolute atomic E-state index is 0.113. The van der Waals surface area contributed by atoms with Gasteiger partial charge in [0.05, 0.1) is 4.90 Å². The van der Waals surface area contributed by atoms with Gasteiger partial charge in [0, 0.05) is 34.6 Å². The highest BCUT2D eigenvalue weighted by Gasteiger charge is 2.15. The third-order valence-electron chi connectivity index (χ3n) is 4.17. The number of sulfonamides is 1. The molecule has 0 aliphatic carbocycles. The fourth-order valence-corrected chi connectivity index (χ4v) is 4.77. The molecule has 0 aliphatic heterocycles. The number of hydrogen-bond donors (Lipinski definition) is 2. The minimum atomic E-state index is -3.55. The van der Waals surface area contributed by atoms with Crippen molar-refractivity contribution in [1.82, 2.24) is 9.71 Å². The van der Waals surface area contributed by atoms with Gasteiger partial charge in [-0.1, -0.05) is 36.7 Å². The third-order valence-corrected chi connectivity index (χ3v) is 7.19. The number of thiazole rings is 1. The molecule has 152 valence electrons. The van der Waals surface area contributed by atoms with Crippen molar-refractivity contribution in [1.29, 1.82) is 0 Å². The smallest absolute Gasteiger partial charge is 0.257 e. The number of carbonyl (C=O) groups excluding carboxylic acids is 1. The Bertz CT molecular complexity index is 1130. The fraction of sp³-hybridized carbons (Fsp3) is 0.200. The van der Waals surface area contributed by atoms with Crippen LogP contribution in [0.3, 0.4) is 0 Å². The average Bonchev–Trinajstić information content (AvgIpc) is 3.12. The van der Waals surface area contributed by atoms with E-state index in [4.69, 9.17) is 11.6 Å². The van der Waals surface area contributed by atoms with Gasteiger partial charge >= 0.3 is 0 Å². The van der Waals surface area contributed by atoms with Crippen LogP contribution in [0.5, 0.6) is 0 Å². The van der Waals surface area contributed by atoms with Gasteiger partial charge in [-0.05, 0) is 42.3 Å². The number of rotatable bonds is 7. The molecule has 0 saturated carbocycles. The van der Waals surface area contributed by atoms with E-state index in [9.17, 15) is 13.2 Å². The quantitative estimate of drug-likeness (QED) is 0.564. The van der Waals surface area contributed by atoms with Gasteiger partial charge in [0.2, 0.25) is 10.0 Å². The number of hydrogen-bond acceptors (Lipinski definition) is 5. The molecule has 0 aliphatic rings. The maximum absolute atomic E-state index is 12.4. The maximum atomic E-state index is 12.4. The van der Waals surface area contributed by atoms with Crippen molar-refractivity contribution in [3.8, 4) is 0 Å². The Kier molecular flexibility index (Phi) is 6.69. The lowest BCUT2D eigenvalue weighted by molar-refractivity contribution is 0.102. The van der Waals surface area contributed by atoms with E-state index in [1.807, 2.05) is 25.1 Å². The minimum Gasteiger partial charge on any atom is -0.298 e. The monoisotopic (exact) mass is 449 g/mol. The van der Waals surface area contributed by atoms with Crippen LogP contribution >= 0.6 is 22.9 Å². The van der Waals surface area contributed by atoms with E-state index in [1.165, 1.54) is 35.6 Å². The normalized spacial score (nSPS) is 11.4. The topological polar surface area (TPSA) is 88.2 Å². The summed E-state index contributed by atoms with van der Waals surface area (Å²) in [5.41, 5.74) is 2.37. The van der Waals surface area contributed by atoms with Crippen LogP contribution in [0.4, 0.5) is 5.13 Å². The maximum Gasteiger partial charge on any atom is 0.257 e. The first-order chi connectivity index (χ1) is 13.8. The zero-order valence-electron chi connectivity index (χ0n) is 15.9. The Hall–Kier alpha value is -2.26. The standard InChI is InChI=1S/C20H20ClN3O3S2/c1-3-23-29(26,27)17-9-7-14(8-10-17)19(25)24-20-22-12-16(28-20)11-15-6-4-5-13(2)18(15)21/h4-10,12,23H,3,11H2,1-2H3,(H,22,24,25). The van der Waals surface area contributed by atoms with Crippen molar-refractivity contribution in [2.24, 2.45) is 0 Å². The van der Waals surface area contributed by atoms with Crippen molar-refractivity contribution in [3.63, 3.8) is 0 Å². The third kappa shape index (κ3) is 5.22. The first kappa shape index (κ1) is 21.4. The Morgan fingerprint density at radius 1 is 1.17 bits per heavy atom. The molecule has 3 aromatic rings. The molecule has 0 saturated heterocycles. The summed E-state index contributed by atoms with van der Waals surface area (Å²) in [6.07, 6.45) is 2.34. The van der Waals surface area contributed by atoms with Crippen LogP contribution in [-0.2, 0) is 16.4 Å². The second-order valence-corrected chi connectivity index (χ2v) is 9.60. The molecule has 0 atom stereocenters. The summed E-state index contributed by atoms with van der Waals surface area (Å²) in [7, 11) is -3.55. The van der Waals surface area contributed by atoms with Gasteiger partial charge < -0.3 is 0 Å². The molecule has 2 N–H and O–H groups in total. The van der Waals surface area contributed by atoms with E-state index in [-0.39, 0.29) is 10.8 Å². The van der Waals surface area contributed by atoms with Crippen molar-refractivity contribution < 1.29 is 13.2 Å². The van der Waals surface area contributed by atoms with Crippen molar-refractivity contribution >= 4 is 44.0 Å². The molecular formula is C20H20ClN3O3S2. The molecular weight excluding hydrogens is 430 g/mol. The fourth-order valence-electron chi connectivity index (χ4n) is 2.71. The molecule has 0 fully saturated rings. The summed E-state index contributed by atoms with van der Waals surface area (Å²) in [5.74, 6) is -0.355. The molecule has 9 heteroatoms. The van der Waals surface area contributed by atoms with Gasteiger partial charge in [-0.2, -0.15) is 0 Å². The van der Waals surface area contributed by atoms with Crippen LogP contribution in [-0.4, -0.2) is 25.9 Å². The number of benzene rings is 2. The Morgan fingerprint density at radius 3 is 2.59 bits per heavy atom. The average molecular weight is 450 g/mol. The van der Waals surface area contributed by atoms with Gasteiger partial charge in [0.25, 0.3) is 5.91 Å². The van der Waals surface area contributed by atoms with Crippen LogP contribution in [0.15, 0.2) is 53.6 Å². The first-order valence-electron chi connectivity index (χ1n) is 8.90. The molecule has 6 nitrogen and oxygen atoms in total. The summed E-state index contributed by atoms with van der Waals surface area (Å²) in [4.78, 5) is 17.8. The molecule has 1 amide bonds. The number of aromatic nitrogens is 1.